The number of hydrogen-bond donors (Lipinski definition) is 2. The van der Waals surface area contributed by atoms with Gasteiger partial charge in [-0.15, -0.1) is 0 Å². The van der Waals surface area contributed by atoms with Crippen molar-refractivity contribution >= 4 is 5.91 Å². The van der Waals surface area contributed by atoms with Gasteiger partial charge in [0.05, 0.1) is 12.7 Å². The van der Waals surface area contributed by atoms with Crippen LogP contribution in [0.25, 0.3) is 0 Å². The quantitative estimate of drug-likeness (QED) is 0.617. The summed E-state index contributed by atoms with van der Waals surface area (Å²) in [5.74, 6) is 0.299. The Labute approximate surface area is 95.8 Å². The molecule has 0 bridgehead atoms. The van der Waals surface area contributed by atoms with E-state index >= 15 is 0 Å². The Hall–Kier alpha value is -0.650. The Kier molecular flexibility index (Phi) is 3.78. The Morgan fingerprint density at radius 1 is 1.56 bits per heavy atom. The third-order valence-corrected chi connectivity index (χ3v) is 3.43. The van der Waals surface area contributed by atoms with Gasteiger partial charge in [0, 0.05) is 26.2 Å². The summed E-state index contributed by atoms with van der Waals surface area (Å²) in [6, 6.07) is 0. The van der Waals surface area contributed by atoms with Gasteiger partial charge >= 0.3 is 0 Å². The molecule has 2 rings (SSSR count). The number of rotatable bonds is 1. The lowest BCUT2D eigenvalue weighted by Crippen LogP contribution is -2.53. The zero-order valence-corrected chi connectivity index (χ0v) is 9.69. The number of aliphatic hydroxyl groups is 1. The van der Waals surface area contributed by atoms with Crippen molar-refractivity contribution in [3.05, 3.63) is 0 Å². The predicted octanol–water partition coefficient (Wildman–Crippen LogP) is -0.796. The standard InChI is InChI=1S/C11H20N2O3/c1-8-2-4-13(7-9(8)14)11(15)10-6-12-3-5-16-10/h8-10,12,14H,2-7H2,1H3. The Morgan fingerprint density at radius 2 is 2.38 bits per heavy atom. The molecule has 5 nitrogen and oxygen atoms in total. The van der Waals surface area contributed by atoms with E-state index in [1.54, 1.807) is 4.90 Å². The molecule has 0 aromatic carbocycles. The van der Waals surface area contributed by atoms with Crippen LogP contribution in [0.3, 0.4) is 0 Å². The van der Waals surface area contributed by atoms with Gasteiger partial charge in [-0.2, -0.15) is 0 Å². The fraction of sp³-hybridized carbons (Fsp3) is 0.909. The monoisotopic (exact) mass is 228 g/mol. The van der Waals surface area contributed by atoms with Crippen molar-refractivity contribution in [3.63, 3.8) is 0 Å². The molecule has 92 valence electrons. The summed E-state index contributed by atoms with van der Waals surface area (Å²) in [4.78, 5) is 13.8. The van der Waals surface area contributed by atoms with E-state index in [9.17, 15) is 9.90 Å². The minimum Gasteiger partial charge on any atom is -0.391 e. The number of aliphatic hydroxyl groups excluding tert-OH is 1. The van der Waals surface area contributed by atoms with Crippen molar-refractivity contribution in [1.29, 1.82) is 0 Å². The van der Waals surface area contributed by atoms with Crippen LogP contribution in [0.4, 0.5) is 0 Å². The second-order valence-corrected chi connectivity index (χ2v) is 4.68. The van der Waals surface area contributed by atoms with Gasteiger partial charge in [-0.1, -0.05) is 6.92 Å². The van der Waals surface area contributed by atoms with Crippen LogP contribution >= 0.6 is 0 Å². The van der Waals surface area contributed by atoms with Crippen LogP contribution in [0, 0.1) is 5.92 Å². The van der Waals surface area contributed by atoms with Crippen LogP contribution in [0.15, 0.2) is 0 Å². The summed E-state index contributed by atoms with van der Waals surface area (Å²) >= 11 is 0. The number of β-amino-alcohol motifs (C(OH)–C–C–N with tert-alkyl or cyclic N) is 1. The molecule has 1 amide bonds. The number of amides is 1. The Morgan fingerprint density at radius 3 is 3.00 bits per heavy atom. The fourth-order valence-electron chi connectivity index (χ4n) is 2.18. The molecule has 2 N–H and O–H groups in total. The van der Waals surface area contributed by atoms with Crippen LogP contribution in [0.2, 0.25) is 0 Å². The van der Waals surface area contributed by atoms with Crippen LogP contribution in [0.1, 0.15) is 13.3 Å². The molecule has 2 saturated heterocycles. The van der Waals surface area contributed by atoms with Crippen molar-refractivity contribution in [2.45, 2.75) is 25.6 Å². The highest BCUT2D eigenvalue weighted by Gasteiger charge is 2.32. The lowest BCUT2D eigenvalue weighted by atomic mass is 9.96. The molecule has 0 spiro atoms. The van der Waals surface area contributed by atoms with Crippen LogP contribution in [0.5, 0.6) is 0 Å². The average molecular weight is 228 g/mol. The molecule has 3 atom stereocenters. The first-order chi connectivity index (χ1) is 7.68. The summed E-state index contributed by atoms with van der Waals surface area (Å²) in [6.45, 7) is 5.18. The normalized spacial score (nSPS) is 36.1. The summed E-state index contributed by atoms with van der Waals surface area (Å²) in [7, 11) is 0. The van der Waals surface area contributed by atoms with Gasteiger partial charge < -0.3 is 20.1 Å². The fourth-order valence-corrected chi connectivity index (χ4v) is 2.18. The lowest BCUT2D eigenvalue weighted by molar-refractivity contribution is -0.149. The van der Waals surface area contributed by atoms with Gasteiger partial charge in [0.25, 0.3) is 5.91 Å². The first-order valence-electron chi connectivity index (χ1n) is 5.97. The van der Waals surface area contributed by atoms with E-state index in [-0.39, 0.29) is 17.9 Å². The van der Waals surface area contributed by atoms with Crippen LogP contribution in [-0.2, 0) is 9.53 Å². The van der Waals surface area contributed by atoms with E-state index < -0.39 is 6.10 Å². The average Bonchev–Trinajstić information content (AvgIpc) is 2.33. The largest absolute Gasteiger partial charge is 0.391 e. The maximum absolute atomic E-state index is 12.1. The van der Waals surface area contributed by atoms with Crippen molar-refractivity contribution < 1.29 is 14.6 Å². The number of ether oxygens (including phenoxy) is 1. The zero-order chi connectivity index (χ0) is 11.5. The van der Waals surface area contributed by atoms with Gasteiger partial charge in [-0.25, -0.2) is 0 Å². The van der Waals surface area contributed by atoms with E-state index in [4.69, 9.17) is 4.74 Å². The van der Waals surface area contributed by atoms with Gasteiger partial charge in [0.15, 0.2) is 0 Å². The molecule has 0 saturated carbocycles. The molecule has 2 aliphatic heterocycles. The summed E-state index contributed by atoms with van der Waals surface area (Å²) in [5, 5.41) is 12.9. The van der Waals surface area contributed by atoms with Crippen molar-refractivity contribution in [1.82, 2.24) is 10.2 Å². The van der Waals surface area contributed by atoms with E-state index in [0.29, 0.717) is 19.7 Å². The molecule has 0 aliphatic carbocycles. The highest BCUT2D eigenvalue weighted by atomic mass is 16.5. The van der Waals surface area contributed by atoms with E-state index in [0.717, 1.165) is 19.5 Å². The molecular weight excluding hydrogens is 208 g/mol. The highest BCUT2D eigenvalue weighted by molar-refractivity contribution is 5.81. The summed E-state index contributed by atoms with van der Waals surface area (Å²) < 4.78 is 5.42. The molecule has 2 fully saturated rings. The van der Waals surface area contributed by atoms with Gasteiger partial charge in [-0.3, -0.25) is 4.79 Å². The molecule has 0 aromatic rings. The number of carbonyl (C=O) groups is 1. The van der Waals surface area contributed by atoms with Gasteiger partial charge in [0.2, 0.25) is 0 Å². The third-order valence-electron chi connectivity index (χ3n) is 3.43. The molecule has 16 heavy (non-hydrogen) atoms. The minimum absolute atomic E-state index is 0.0122. The first-order valence-corrected chi connectivity index (χ1v) is 5.97. The van der Waals surface area contributed by atoms with Crippen molar-refractivity contribution in [2.24, 2.45) is 5.92 Å². The third kappa shape index (κ3) is 2.53. The Balaban J connectivity index is 1.89. The SMILES string of the molecule is CC1CCN(C(=O)C2CNCCO2)CC1O. The van der Waals surface area contributed by atoms with Crippen LogP contribution in [-0.4, -0.2) is 60.9 Å². The maximum Gasteiger partial charge on any atom is 0.253 e. The lowest BCUT2D eigenvalue weighted by Gasteiger charge is -2.36. The van der Waals surface area contributed by atoms with Crippen LogP contribution < -0.4 is 5.32 Å². The minimum atomic E-state index is -0.394. The van der Waals surface area contributed by atoms with Crippen molar-refractivity contribution in [2.75, 3.05) is 32.8 Å². The molecular formula is C11H20N2O3. The number of piperidine rings is 1. The zero-order valence-electron chi connectivity index (χ0n) is 9.69. The second-order valence-electron chi connectivity index (χ2n) is 4.68. The number of nitrogens with one attached hydrogen (secondary N) is 1. The molecule has 0 aromatic heterocycles. The molecule has 0 radical (unpaired) electrons. The number of morpholine rings is 1. The van der Waals surface area contributed by atoms with Gasteiger partial charge in [-0.05, 0) is 12.3 Å². The molecule has 2 aliphatic rings. The molecule has 5 heteroatoms. The smallest absolute Gasteiger partial charge is 0.253 e. The van der Waals surface area contributed by atoms with Gasteiger partial charge in [0.1, 0.15) is 6.10 Å². The maximum atomic E-state index is 12.1. The van der Waals surface area contributed by atoms with E-state index in [2.05, 4.69) is 5.32 Å². The first kappa shape index (κ1) is 11.8. The second kappa shape index (κ2) is 5.12. The van der Waals surface area contributed by atoms with Crippen molar-refractivity contribution in [3.8, 4) is 0 Å². The summed E-state index contributed by atoms with van der Waals surface area (Å²) in [6.07, 6.45) is 0.108. The summed E-state index contributed by atoms with van der Waals surface area (Å²) in [5.41, 5.74) is 0. The number of carbonyl (C=O) groups excluding carboxylic acids is 1. The molecule has 2 heterocycles. The predicted molar refractivity (Wildman–Crippen MR) is 59.0 cm³/mol. The van der Waals surface area contributed by atoms with E-state index in [1.807, 2.05) is 6.92 Å². The Bertz CT molecular complexity index is 254. The van der Waals surface area contributed by atoms with E-state index in [1.165, 1.54) is 0 Å². The number of likely N-dealkylation sites (tertiary alicyclic amines) is 1. The molecule has 3 unspecified atom stereocenters. The topological polar surface area (TPSA) is 61.8 Å². The number of nitrogens with zero attached hydrogens (tertiary/aromatic N) is 1. The number of hydrogen-bond acceptors (Lipinski definition) is 4. The highest BCUT2D eigenvalue weighted by Crippen LogP contribution is 2.18.